The number of aromatic nitrogens is 2. The molecule has 12 heavy (non-hydrogen) atoms. The lowest BCUT2D eigenvalue weighted by Crippen LogP contribution is -2.06. The molecule has 0 radical (unpaired) electrons. The van der Waals surface area contributed by atoms with Gasteiger partial charge in [0, 0.05) is 6.61 Å². The topological polar surface area (TPSA) is 44.2 Å². The van der Waals surface area contributed by atoms with Gasteiger partial charge in [0.15, 0.2) is 0 Å². The first-order chi connectivity index (χ1) is 5.84. The van der Waals surface area contributed by atoms with E-state index in [1.54, 1.807) is 0 Å². The lowest BCUT2D eigenvalue weighted by atomic mass is 10.7. The second kappa shape index (κ2) is 5.29. The molecule has 68 valence electrons. The zero-order valence-corrected chi connectivity index (χ0v) is 8.19. The molecule has 4 nitrogen and oxygen atoms in total. The van der Waals surface area contributed by atoms with Crippen LogP contribution in [-0.2, 0) is 4.74 Å². The van der Waals surface area contributed by atoms with E-state index in [1.807, 2.05) is 6.92 Å². The highest BCUT2D eigenvalue weighted by molar-refractivity contribution is 6.99. The second-order valence-corrected chi connectivity index (χ2v) is 2.79. The van der Waals surface area contributed by atoms with E-state index >= 15 is 0 Å². The molecule has 0 aromatic carbocycles. The van der Waals surface area contributed by atoms with Crippen molar-refractivity contribution in [1.82, 2.24) is 8.75 Å². The van der Waals surface area contributed by atoms with Crippen LogP contribution in [0, 0.1) is 0 Å². The predicted octanol–water partition coefficient (Wildman–Crippen LogP) is 1.61. The number of hydrogen-bond acceptors (Lipinski definition) is 5. The van der Waals surface area contributed by atoms with Crippen LogP contribution in [0.5, 0.6) is 5.88 Å². The SMILES string of the molecule is CCOCCOc1nsnc1Cl. The Morgan fingerprint density at radius 2 is 2.25 bits per heavy atom. The van der Waals surface area contributed by atoms with Gasteiger partial charge >= 0.3 is 0 Å². The van der Waals surface area contributed by atoms with Gasteiger partial charge < -0.3 is 9.47 Å². The minimum atomic E-state index is 0.316. The average molecular weight is 209 g/mol. The molecule has 0 aliphatic rings. The number of rotatable bonds is 5. The standard InChI is InChI=1S/C6H9ClN2O2S/c1-2-10-3-4-11-6-5(7)8-12-9-6/h2-4H2,1H3. The molecule has 1 heterocycles. The van der Waals surface area contributed by atoms with Crippen molar-refractivity contribution in [2.24, 2.45) is 0 Å². The summed E-state index contributed by atoms with van der Waals surface area (Å²) in [5, 5.41) is 0.316. The zero-order chi connectivity index (χ0) is 8.81. The van der Waals surface area contributed by atoms with Crippen molar-refractivity contribution in [2.75, 3.05) is 19.8 Å². The van der Waals surface area contributed by atoms with Crippen LogP contribution >= 0.6 is 23.3 Å². The third kappa shape index (κ3) is 2.92. The minimum absolute atomic E-state index is 0.316. The fraction of sp³-hybridized carbons (Fsp3) is 0.667. The third-order valence-electron chi connectivity index (χ3n) is 1.09. The maximum absolute atomic E-state index is 5.62. The molecule has 1 aromatic heterocycles. The Hall–Kier alpha value is -0.390. The first-order valence-corrected chi connectivity index (χ1v) is 4.64. The monoisotopic (exact) mass is 208 g/mol. The normalized spacial score (nSPS) is 10.2. The average Bonchev–Trinajstić information content (AvgIpc) is 2.46. The Kier molecular flexibility index (Phi) is 4.27. The molecule has 0 fully saturated rings. The van der Waals surface area contributed by atoms with Gasteiger partial charge in [0.25, 0.3) is 5.88 Å². The number of halogens is 1. The van der Waals surface area contributed by atoms with Crippen LogP contribution in [0.15, 0.2) is 0 Å². The highest BCUT2D eigenvalue weighted by Gasteiger charge is 2.04. The first kappa shape index (κ1) is 9.70. The number of hydrogen-bond donors (Lipinski definition) is 0. The zero-order valence-electron chi connectivity index (χ0n) is 6.62. The van der Waals surface area contributed by atoms with E-state index in [0.717, 1.165) is 11.7 Å². The van der Waals surface area contributed by atoms with E-state index in [-0.39, 0.29) is 0 Å². The number of ether oxygens (including phenoxy) is 2. The molecule has 0 N–H and O–H groups in total. The van der Waals surface area contributed by atoms with E-state index < -0.39 is 0 Å². The maximum Gasteiger partial charge on any atom is 0.265 e. The summed E-state index contributed by atoms with van der Waals surface area (Å²) in [7, 11) is 0. The van der Waals surface area contributed by atoms with Crippen LogP contribution < -0.4 is 4.74 Å². The predicted molar refractivity (Wildman–Crippen MR) is 46.9 cm³/mol. The second-order valence-electron chi connectivity index (χ2n) is 1.91. The smallest absolute Gasteiger partial charge is 0.265 e. The van der Waals surface area contributed by atoms with E-state index in [0.29, 0.717) is 30.9 Å². The Morgan fingerprint density at radius 3 is 2.83 bits per heavy atom. The Bertz CT molecular complexity index is 231. The van der Waals surface area contributed by atoms with Crippen LogP contribution in [-0.4, -0.2) is 28.6 Å². The third-order valence-corrected chi connectivity index (χ3v) is 1.95. The van der Waals surface area contributed by atoms with Crippen molar-refractivity contribution >= 4 is 23.3 Å². The van der Waals surface area contributed by atoms with Gasteiger partial charge in [-0.05, 0) is 6.92 Å². The van der Waals surface area contributed by atoms with E-state index in [4.69, 9.17) is 21.1 Å². The Morgan fingerprint density at radius 1 is 1.42 bits per heavy atom. The molecule has 1 aromatic rings. The fourth-order valence-electron chi connectivity index (χ4n) is 0.598. The quantitative estimate of drug-likeness (QED) is 0.690. The van der Waals surface area contributed by atoms with Gasteiger partial charge in [0.1, 0.15) is 6.61 Å². The maximum atomic E-state index is 5.62. The van der Waals surface area contributed by atoms with Gasteiger partial charge in [-0.3, -0.25) is 0 Å². The van der Waals surface area contributed by atoms with Crippen LogP contribution in [0.4, 0.5) is 0 Å². The molecule has 0 aliphatic heterocycles. The molecule has 0 aliphatic carbocycles. The largest absolute Gasteiger partial charge is 0.472 e. The van der Waals surface area contributed by atoms with Gasteiger partial charge in [-0.1, -0.05) is 11.6 Å². The molecule has 1 rings (SSSR count). The van der Waals surface area contributed by atoms with Gasteiger partial charge in [-0.15, -0.1) is 4.37 Å². The molecule has 0 atom stereocenters. The molecular weight excluding hydrogens is 200 g/mol. The van der Waals surface area contributed by atoms with Gasteiger partial charge in [0.2, 0.25) is 5.15 Å². The molecule has 6 heteroatoms. The van der Waals surface area contributed by atoms with Crippen molar-refractivity contribution in [2.45, 2.75) is 6.92 Å². The highest BCUT2D eigenvalue weighted by Crippen LogP contribution is 2.19. The van der Waals surface area contributed by atoms with E-state index in [2.05, 4.69) is 8.75 Å². The van der Waals surface area contributed by atoms with E-state index in [9.17, 15) is 0 Å². The van der Waals surface area contributed by atoms with Gasteiger partial charge in [0.05, 0.1) is 18.3 Å². The lowest BCUT2D eigenvalue weighted by molar-refractivity contribution is 0.109. The van der Waals surface area contributed by atoms with Crippen molar-refractivity contribution in [3.8, 4) is 5.88 Å². The summed E-state index contributed by atoms with van der Waals surface area (Å²) in [6.07, 6.45) is 0. The Balaban J connectivity index is 2.20. The van der Waals surface area contributed by atoms with Crippen LogP contribution in [0.3, 0.4) is 0 Å². The summed E-state index contributed by atoms with van der Waals surface area (Å²) in [4.78, 5) is 0. The first-order valence-electron chi connectivity index (χ1n) is 3.53. The minimum Gasteiger partial charge on any atom is -0.472 e. The van der Waals surface area contributed by atoms with Crippen LogP contribution in [0.2, 0.25) is 5.15 Å². The molecule has 0 saturated carbocycles. The van der Waals surface area contributed by atoms with Crippen molar-refractivity contribution in [3.05, 3.63) is 5.15 Å². The number of nitrogens with zero attached hydrogens (tertiary/aromatic N) is 2. The summed E-state index contributed by atoms with van der Waals surface area (Å²) in [5.41, 5.74) is 0. The van der Waals surface area contributed by atoms with E-state index in [1.165, 1.54) is 0 Å². The molecule has 0 spiro atoms. The summed E-state index contributed by atoms with van der Waals surface area (Å²) in [6, 6.07) is 0. The summed E-state index contributed by atoms with van der Waals surface area (Å²) < 4.78 is 17.8. The lowest BCUT2D eigenvalue weighted by Gasteiger charge is -2.01. The summed E-state index contributed by atoms with van der Waals surface area (Å²) in [5.74, 6) is 0.390. The van der Waals surface area contributed by atoms with Crippen LogP contribution in [0.1, 0.15) is 6.92 Å². The highest BCUT2D eigenvalue weighted by atomic mass is 35.5. The molecule has 0 bridgehead atoms. The summed E-state index contributed by atoms with van der Waals surface area (Å²) >= 11 is 6.66. The van der Waals surface area contributed by atoms with Gasteiger partial charge in [-0.25, -0.2) is 0 Å². The molecule has 0 saturated heterocycles. The molecule has 0 amide bonds. The fourth-order valence-corrected chi connectivity index (χ4v) is 1.24. The van der Waals surface area contributed by atoms with Crippen molar-refractivity contribution in [3.63, 3.8) is 0 Å². The van der Waals surface area contributed by atoms with Crippen molar-refractivity contribution < 1.29 is 9.47 Å². The Labute approximate surface area is 79.8 Å². The molecular formula is C6H9ClN2O2S. The molecule has 0 unspecified atom stereocenters. The van der Waals surface area contributed by atoms with Crippen molar-refractivity contribution in [1.29, 1.82) is 0 Å². The summed E-state index contributed by atoms with van der Waals surface area (Å²) in [6.45, 7) is 3.62. The van der Waals surface area contributed by atoms with Crippen LogP contribution in [0.25, 0.3) is 0 Å². The van der Waals surface area contributed by atoms with Gasteiger partial charge in [-0.2, -0.15) is 4.37 Å².